The monoisotopic (exact) mass is 305 g/mol. The van der Waals surface area contributed by atoms with Crippen LogP contribution in [0.2, 0.25) is 0 Å². The Morgan fingerprint density at radius 3 is 2.26 bits per heavy atom. The third-order valence-electron chi connectivity index (χ3n) is 4.94. The van der Waals surface area contributed by atoms with E-state index in [1.807, 2.05) is 24.5 Å². The Morgan fingerprint density at radius 1 is 1.04 bits per heavy atom. The normalized spacial score (nSPS) is 17.6. The van der Waals surface area contributed by atoms with Crippen LogP contribution < -0.4 is 0 Å². The lowest BCUT2D eigenvalue weighted by Gasteiger charge is -2.38. The molecule has 0 saturated carbocycles. The molecule has 3 nitrogen and oxygen atoms in total. The van der Waals surface area contributed by atoms with Crippen molar-refractivity contribution >= 4 is 0 Å². The molecule has 0 atom stereocenters. The smallest absolute Gasteiger partial charge is 0.0627 e. The van der Waals surface area contributed by atoms with Crippen LogP contribution in [0.15, 0.2) is 48.8 Å². The van der Waals surface area contributed by atoms with Crippen LogP contribution in [0.25, 0.3) is 11.1 Å². The molecule has 0 N–H and O–H groups in total. The van der Waals surface area contributed by atoms with Crippen molar-refractivity contribution in [1.82, 2.24) is 9.88 Å². The summed E-state index contributed by atoms with van der Waals surface area (Å²) in [6, 6.07) is 15.2. The zero-order valence-electron chi connectivity index (χ0n) is 13.7. The molecule has 1 aliphatic rings. The van der Waals surface area contributed by atoms with Gasteiger partial charge in [-0.25, -0.2) is 0 Å². The topological polar surface area (TPSA) is 39.9 Å². The average Bonchev–Trinajstić information content (AvgIpc) is 2.59. The number of piperidine rings is 1. The molecule has 0 aliphatic carbocycles. The number of pyridine rings is 1. The molecule has 0 radical (unpaired) electrons. The minimum atomic E-state index is 0.219. The molecule has 1 saturated heterocycles. The number of likely N-dealkylation sites (tertiary alicyclic amines) is 1. The maximum absolute atomic E-state index is 8.94. The van der Waals surface area contributed by atoms with E-state index in [0.717, 1.165) is 32.5 Å². The summed E-state index contributed by atoms with van der Waals surface area (Å²) in [5, 5.41) is 8.94. The largest absolute Gasteiger partial charge is 0.299 e. The van der Waals surface area contributed by atoms with Gasteiger partial charge in [0, 0.05) is 25.4 Å². The minimum absolute atomic E-state index is 0.219. The molecular formula is C20H23N3. The van der Waals surface area contributed by atoms with Gasteiger partial charge in [0.25, 0.3) is 0 Å². The van der Waals surface area contributed by atoms with Crippen LogP contribution in [0.4, 0.5) is 0 Å². The van der Waals surface area contributed by atoms with Crippen LogP contribution >= 0.6 is 0 Å². The van der Waals surface area contributed by atoms with Gasteiger partial charge in [0.1, 0.15) is 0 Å². The van der Waals surface area contributed by atoms with E-state index in [4.69, 9.17) is 5.26 Å². The van der Waals surface area contributed by atoms with Gasteiger partial charge in [-0.1, -0.05) is 31.2 Å². The van der Waals surface area contributed by atoms with E-state index in [1.54, 1.807) is 0 Å². The maximum atomic E-state index is 8.94. The highest BCUT2D eigenvalue weighted by atomic mass is 15.1. The highest BCUT2D eigenvalue weighted by Gasteiger charge is 2.29. The molecular weight excluding hydrogens is 282 g/mol. The van der Waals surface area contributed by atoms with Gasteiger partial charge in [0.05, 0.1) is 6.07 Å². The Balaban J connectivity index is 1.59. The van der Waals surface area contributed by atoms with Gasteiger partial charge < -0.3 is 0 Å². The van der Waals surface area contributed by atoms with Crippen molar-refractivity contribution in [2.75, 3.05) is 13.1 Å². The fourth-order valence-electron chi connectivity index (χ4n) is 3.22. The molecule has 23 heavy (non-hydrogen) atoms. The molecule has 2 aromatic rings. The number of nitrogens with zero attached hydrogens (tertiary/aromatic N) is 3. The van der Waals surface area contributed by atoms with Gasteiger partial charge >= 0.3 is 0 Å². The first-order chi connectivity index (χ1) is 11.2. The molecule has 2 heterocycles. The Hall–Kier alpha value is -2.18. The second-order valence-corrected chi connectivity index (χ2v) is 6.85. The summed E-state index contributed by atoms with van der Waals surface area (Å²) in [6.07, 6.45) is 6.58. The number of benzene rings is 1. The van der Waals surface area contributed by atoms with Crippen LogP contribution in [-0.2, 0) is 6.54 Å². The lowest BCUT2D eigenvalue weighted by atomic mass is 9.78. The van der Waals surface area contributed by atoms with Gasteiger partial charge in [-0.3, -0.25) is 9.88 Å². The highest BCUT2D eigenvalue weighted by Crippen LogP contribution is 2.34. The Morgan fingerprint density at radius 2 is 1.65 bits per heavy atom. The summed E-state index contributed by atoms with van der Waals surface area (Å²) in [7, 11) is 0. The molecule has 0 spiro atoms. The van der Waals surface area contributed by atoms with Crippen LogP contribution in [0, 0.1) is 16.7 Å². The molecule has 3 heteroatoms. The van der Waals surface area contributed by atoms with E-state index in [9.17, 15) is 0 Å². The van der Waals surface area contributed by atoms with Crippen molar-refractivity contribution in [1.29, 1.82) is 5.26 Å². The van der Waals surface area contributed by atoms with Gasteiger partial charge in [-0.2, -0.15) is 5.26 Å². The Kier molecular flexibility index (Phi) is 4.73. The molecule has 1 fully saturated rings. The summed E-state index contributed by atoms with van der Waals surface area (Å²) in [5.41, 5.74) is 4.01. The average molecular weight is 305 g/mol. The minimum Gasteiger partial charge on any atom is -0.299 e. The molecule has 0 amide bonds. The summed E-state index contributed by atoms with van der Waals surface area (Å²) < 4.78 is 0. The first-order valence-corrected chi connectivity index (χ1v) is 8.27. The van der Waals surface area contributed by atoms with Crippen molar-refractivity contribution in [3.63, 3.8) is 0 Å². The van der Waals surface area contributed by atoms with E-state index in [2.05, 4.69) is 47.1 Å². The molecule has 0 bridgehead atoms. The standard InChI is InChI=1S/C20H23N3/c1-20(8-11-21)9-14-23(15-10-20)16-17-2-4-18(5-3-17)19-6-12-22-13-7-19/h2-7,12-13H,8-10,14-16H2,1H3. The van der Waals surface area contributed by atoms with Gasteiger partial charge in [0.2, 0.25) is 0 Å². The molecule has 0 unspecified atom stereocenters. The quantitative estimate of drug-likeness (QED) is 0.847. The van der Waals surface area contributed by atoms with Gasteiger partial charge in [-0.15, -0.1) is 0 Å². The van der Waals surface area contributed by atoms with E-state index in [1.165, 1.54) is 16.7 Å². The third-order valence-corrected chi connectivity index (χ3v) is 4.94. The van der Waals surface area contributed by atoms with E-state index >= 15 is 0 Å². The SMILES string of the molecule is CC1(CC#N)CCN(Cc2ccc(-c3ccncc3)cc2)CC1. The van der Waals surface area contributed by atoms with Crippen molar-refractivity contribution in [2.24, 2.45) is 5.41 Å². The van der Waals surface area contributed by atoms with Crippen LogP contribution in [0.5, 0.6) is 0 Å². The molecule has 1 aliphatic heterocycles. The van der Waals surface area contributed by atoms with Crippen LogP contribution in [0.3, 0.4) is 0 Å². The van der Waals surface area contributed by atoms with Crippen molar-refractivity contribution in [3.05, 3.63) is 54.4 Å². The second-order valence-electron chi connectivity index (χ2n) is 6.85. The molecule has 3 rings (SSSR count). The van der Waals surface area contributed by atoms with Crippen molar-refractivity contribution < 1.29 is 0 Å². The number of rotatable bonds is 4. The predicted molar refractivity (Wildman–Crippen MR) is 92.5 cm³/mol. The van der Waals surface area contributed by atoms with Gasteiger partial charge in [0.15, 0.2) is 0 Å². The van der Waals surface area contributed by atoms with Crippen molar-refractivity contribution in [3.8, 4) is 17.2 Å². The fourth-order valence-corrected chi connectivity index (χ4v) is 3.22. The molecule has 1 aromatic carbocycles. The lowest BCUT2D eigenvalue weighted by Crippen LogP contribution is -2.38. The van der Waals surface area contributed by atoms with Crippen molar-refractivity contribution in [2.45, 2.75) is 32.7 Å². The summed E-state index contributed by atoms with van der Waals surface area (Å²) in [6.45, 7) is 5.42. The van der Waals surface area contributed by atoms with Gasteiger partial charge in [-0.05, 0) is 60.2 Å². The van der Waals surface area contributed by atoms with Crippen LogP contribution in [-0.4, -0.2) is 23.0 Å². The zero-order valence-corrected chi connectivity index (χ0v) is 13.7. The number of hydrogen-bond acceptors (Lipinski definition) is 3. The Bertz CT molecular complexity index is 662. The first-order valence-electron chi connectivity index (χ1n) is 8.27. The maximum Gasteiger partial charge on any atom is 0.0627 e. The summed E-state index contributed by atoms with van der Waals surface area (Å²) >= 11 is 0. The third kappa shape index (κ3) is 3.97. The molecule has 1 aromatic heterocycles. The highest BCUT2D eigenvalue weighted by molar-refractivity contribution is 5.62. The Labute approximate surface area is 138 Å². The fraction of sp³-hybridized carbons (Fsp3) is 0.400. The van der Waals surface area contributed by atoms with E-state index in [0.29, 0.717) is 6.42 Å². The number of aromatic nitrogens is 1. The van der Waals surface area contributed by atoms with E-state index < -0.39 is 0 Å². The number of hydrogen-bond donors (Lipinski definition) is 0. The van der Waals surface area contributed by atoms with Crippen LogP contribution in [0.1, 0.15) is 31.7 Å². The first kappa shape index (κ1) is 15.7. The summed E-state index contributed by atoms with van der Waals surface area (Å²) in [5.74, 6) is 0. The molecule has 118 valence electrons. The second kappa shape index (κ2) is 6.93. The predicted octanol–water partition coefficient (Wildman–Crippen LogP) is 4.26. The lowest BCUT2D eigenvalue weighted by molar-refractivity contribution is 0.116. The number of nitriles is 1. The van der Waals surface area contributed by atoms with E-state index in [-0.39, 0.29) is 5.41 Å². The summed E-state index contributed by atoms with van der Waals surface area (Å²) in [4.78, 5) is 6.56. The zero-order chi connectivity index (χ0) is 16.1.